The Morgan fingerprint density at radius 3 is 0.698 bits per heavy atom. The number of carbonyl (C=O) groups excluding carboxylic acids is 2. The van der Waals surface area contributed by atoms with E-state index in [1.807, 2.05) is 27.7 Å². The molecule has 4 nitrogen and oxygen atoms in total. The molecule has 0 aliphatic rings. The summed E-state index contributed by atoms with van der Waals surface area (Å²) in [5.41, 5.74) is -1.21. The first-order valence-corrected chi connectivity index (χ1v) is 23.6. The molecule has 0 saturated heterocycles. The summed E-state index contributed by atoms with van der Waals surface area (Å²) in [4.78, 5) is 23.4. The van der Waals surface area contributed by atoms with Gasteiger partial charge in [0.25, 0.3) is 0 Å². The van der Waals surface area contributed by atoms with E-state index >= 15 is 0 Å². The van der Waals surface area contributed by atoms with Gasteiger partial charge in [0.05, 0.1) is 0 Å². The predicted octanol–water partition coefficient (Wildman–Crippen LogP) is 13.7. The molecular weight excluding hydrogens is 848 g/mol. The van der Waals surface area contributed by atoms with E-state index in [-0.39, 0.29) is 39.1 Å². The van der Waals surface area contributed by atoms with Crippen molar-refractivity contribution in [1.82, 2.24) is 0 Å². The van der Waals surface area contributed by atoms with Crippen molar-refractivity contribution < 1.29 is 19.8 Å². The smallest absolute Gasteiger partial charge is 0.550 e. The fraction of sp³-hybridized carbons (Fsp3) is 0.958. The molecule has 53 heavy (non-hydrogen) atoms. The second-order valence-corrected chi connectivity index (χ2v) is 16.6. The van der Waals surface area contributed by atoms with E-state index in [4.69, 9.17) is 0 Å². The first-order chi connectivity index (χ1) is 25.2. The van der Waals surface area contributed by atoms with Crippen LogP contribution in [0.4, 0.5) is 0 Å². The molecule has 0 aliphatic heterocycles. The van der Waals surface area contributed by atoms with E-state index < -0.39 is 22.8 Å². The molecule has 2 radical (unpaired) electrons. The predicted molar refractivity (Wildman–Crippen MR) is 230 cm³/mol. The molecule has 0 spiro atoms. The zero-order valence-corrected chi connectivity index (χ0v) is 41.2. The van der Waals surface area contributed by atoms with Gasteiger partial charge in [0.15, 0.2) is 0 Å². The summed E-state index contributed by atoms with van der Waals surface area (Å²) in [7, 11) is 0. The molecule has 0 saturated carbocycles. The van der Waals surface area contributed by atoms with Gasteiger partial charge >= 0.3 is 27.3 Å². The van der Waals surface area contributed by atoms with Crippen molar-refractivity contribution in [3.05, 3.63) is 0 Å². The van der Waals surface area contributed by atoms with Gasteiger partial charge < -0.3 is 19.8 Å². The Balaban J connectivity index is -0.000000926. The standard InChI is InChI=1S/2C24H48O2.Pb/c2*1-5-9-10-11-12-13-14-15-16-17-18-19-20-21-22(6-2)24(7-3,8-4)23(25)26;/h2*22H,5-21H2,1-4H3,(H,25,26);/q;;+2/p-2. The van der Waals surface area contributed by atoms with Crippen LogP contribution in [0.3, 0.4) is 0 Å². The fourth-order valence-electron chi connectivity index (χ4n) is 9.12. The largest absolute Gasteiger partial charge is 2.00 e. The summed E-state index contributed by atoms with van der Waals surface area (Å²) >= 11 is 0. The van der Waals surface area contributed by atoms with Crippen LogP contribution in [-0.2, 0) is 9.59 Å². The summed E-state index contributed by atoms with van der Waals surface area (Å²) < 4.78 is 0. The van der Waals surface area contributed by atoms with Crippen LogP contribution in [0.5, 0.6) is 0 Å². The number of hydrogen-bond acceptors (Lipinski definition) is 4. The zero-order valence-electron chi connectivity index (χ0n) is 37.3. The Kier molecular flexibility index (Phi) is 43.2. The number of aliphatic carboxylic acids is 2. The van der Waals surface area contributed by atoms with Crippen LogP contribution in [0.1, 0.15) is 274 Å². The van der Waals surface area contributed by atoms with Crippen LogP contribution >= 0.6 is 0 Å². The van der Waals surface area contributed by atoms with Gasteiger partial charge in [0, 0.05) is 22.8 Å². The molecule has 0 N–H and O–H groups in total. The van der Waals surface area contributed by atoms with E-state index in [9.17, 15) is 19.8 Å². The van der Waals surface area contributed by atoms with E-state index in [1.165, 1.54) is 167 Å². The van der Waals surface area contributed by atoms with Gasteiger partial charge in [-0.25, -0.2) is 0 Å². The van der Waals surface area contributed by atoms with Crippen LogP contribution in [0.25, 0.3) is 0 Å². The third-order valence-electron chi connectivity index (χ3n) is 13.2. The second-order valence-electron chi connectivity index (χ2n) is 16.6. The van der Waals surface area contributed by atoms with Crippen molar-refractivity contribution in [2.24, 2.45) is 22.7 Å². The molecule has 0 bridgehead atoms. The quantitative estimate of drug-likeness (QED) is 0.0456. The third-order valence-corrected chi connectivity index (χ3v) is 13.2. The average molecular weight is 942 g/mol. The summed E-state index contributed by atoms with van der Waals surface area (Å²) in [6.45, 7) is 16.8. The Bertz CT molecular complexity index is 712. The van der Waals surface area contributed by atoms with Crippen molar-refractivity contribution in [3.8, 4) is 0 Å². The first kappa shape index (κ1) is 57.2. The van der Waals surface area contributed by atoms with Crippen LogP contribution in [0.15, 0.2) is 0 Å². The number of carbonyl (C=O) groups is 2. The van der Waals surface area contributed by atoms with Gasteiger partial charge in [-0.2, -0.15) is 0 Å². The van der Waals surface area contributed by atoms with Crippen LogP contribution in [0, 0.1) is 22.7 Å². The monoisotopic (exact) mass is 943 g/mol. The first-order valence-electron chi connectivity index (χ1n) is 23.6. The van der Waals surface area contributed by atoms with Crippen molar-refractivity contribution >= 4 is 39.2 Å². The molecule has 0 aromatic heterocycles. The van der Waals surface area contributed by atoms with E-state index in [2.05, 4.69) is 27.7 Å². The average Bonchev–Trinajstić information content (AvgIpc) is 3.14. The van der Waals surface area contributed by atoms with Crippen molar-refractivity contribution in [2.45, 2.75) is 274 Å². The zero-order chi connectivity index (χ0) is 39.4. The topological polar surface area (TPSA) is 80.3 Å². The number of rotatable bonds is 38. The van der Waals surface area contributed by atoms with Crippen molar-refractivity contribution in [3.63, 3.8) is 0 Å². The Morgan fingerprint density at radius 2 is 0.547 bits per heavy atom. The van der Waals surface area contributed by atoms with Crippen LogP contribution < -0.4 is 10.2 Å². The maximum atomic E-state index is 11.7. The van der Waals surface area contributed by atoms with Crippen molar-refractivity contribution in [2.75, 3.05) is 0 Å². The van der Waals surface area contributed by atoms with Gasteiger partial charge in [-0.3, -0.25) is 0 Å². The van der Waals surface area contributed by atoms with Gasteiger partial charge in [-0.15, -0.1) is 0 Å². The Labute approximate surface area is 353 Å². The summed E-state index contributed by atoms with van der Waals surface area (Å²) in [5, 5.41) is 23.4. The molecule has 314 valence electrons. The second kappa shape index (κ2) is 40.1. The minimum atomic E-state index is -0.830. The molecule has 2 unspecified atom stereocenters. The summed E-state index contributed by atoms with van der Waals surface area (Å²) in [6, 6.07) is 0. The molecular formula is C48H94O4Pb. The Morgan fingerprint density at radius 1 is 0.358 bits per heavy atom. The maximum absolute atomic E-state index is 11.7. The number of carboxylic acids is 2. The molecule has 0 heterocycles. The van der Waals surface area contributed by atoms with Gasteiger partial charge in [-0.1, -0.05) is 235 Å². The molecule has 5 heteroatoms. The van der Waals surface area contributed by atoms with Gasteiger partial charge in [0.2, 0.25) is 0 Å². The third kappa shape index (κ3) is 26.4. The van der Waals surface area contributed by atoms with Gasteiger partial charge in [0.1, 0.15) is 0 Å². The molecule has 2 atom stereocenters. The van der Waals surface area contributed by atoms with E-state index in [1.54, 1.807) is 0 Å². The molecule has 0 aromatic rings. The normalized spacial score (nSPS) is 12.8. The van der Waals surface area contributed by atoms with Crippen LogP contribution in [0.2, 0.25) is 0 Å². The van der Waals surface area contributed by atoms with Crippen molar-refractivity contribution in [1.29, 1.82) is 0 Å². The van der Waals surface area contributed by atoms with E-state index in [0.29, 0.717) is 25.7 Å². The van der Waals surface area contributed by atoms with Crippen LogP contribution in [-0.4, -0.2) is 39.2 Å². The minimum absolute atomic E-state index is 0. The van der Waals surface area contributed by atoms with Gasteiger partial charge in [-0.05, 0) is 50.4 Å². The number of unbranched alkanes of at least 4 members (excludes halogenated alkanes) is 24. The summed E-state index contributed by atoms with van der Waals surface area (Å²) in [5.74, 6) is -1.11. The number of hydrogen-bond donors (Lipinski definition) is 0. The fourth-order valence-corrected chi connectivity index (χ4v) is 9.12. The Hall–Kier alpha value is -0.138. The molecule has 0 rings (SSSR count). The maximum Gasteiger partial charge on any atom is 2.00 e. The van der Waals surface area contributed by atoms with E-state index in [0.717, 1.165) is 25.7 Å². The molecule has 0 aromatic carbocycles. The molecule has 0 amide bonds. The summed E-state index contributed by atoms with van der Waals surface area (Å²) in [6.07, 6.45) is 42.2. The number of carboxylic acid groups (broad SMARTS) is 2. The SMILES string of the molecule is CCCCCCCCCCCCCCCC(CC)C(CC)(CC)C(=O)[O-].CCCCCCCCCCCCCCCC(CC)C(CC)(CC)C(=O)[O-].[Pb+2]. The molecule has 0 aliphatic carbocycles. The minimum Gasteiger partial charge on any atom is -0.550 e. The molecule has 0 fully saturated rings.